The van der Waals surface area contributed by atoms with Crippen molar-refractivity contribution in [1.29, 1.82) is 0 Å². The molecule has 2 rings (SSSR count). The Bertz CT molecular complexity index is 368. The largest absolute Gasteiger partial charge is 0.314 e. The molecule has 18 heavy (non-hydrogen) atoms. The first-order chi connectivity index (χ1) is 8.70. The van der Waals surface area contributed by atoms with Gasteiger partial charge in [-0.2, -0.15) is 0 Å². The Labute approximate surface area is 120 Å². The molecule has 100 valence electrons. The SMILES string of the molecule is CCCC(CNC1CC1)Cc1c(Cl)cccc1Cl. The Hall–Kier alpha value is -0.240. The third-order valence-electron chi connectivity index (χ3n) is 3.52. The van der Waals surface area contributed by atoms with Crippen LogP contribution in [0.1, 0.15) is 38.2 Å². The van der Waals surface area contributed by atoms with Gasteiger partial charge in [0, 0.05) is 16.1 Å². The van der Waals surface area contributed by atoms with E-state index >= 15 is 0 Å². The molecule has 0 aromatic heterocycles. The van der Waals surface area contributed by atoms with Crippen molar-refractivity contribution in [3.8, 4) is 0 Å². The monoisotopic (exact) mass is 285 g/mol. The van der Waals surface area contributed by atoms with E-state index in [1.807, 2.05) is 18.2 Å². The average molecular weight is 286 g/mol. The summed E-state index contributed by atoms with van der Waals surface area (Å²) < 4.78 is 0. The molecule has 0 aliphatic heterocycles. The van der Waals surface area contributed by atoms with Crippen molar-refractivity contribution >= 4 is 23.2 Å². The Balaban J connectivity index is 1.97. The Morgan fingerprint density at radius 2 is 1.94 bits per heavy atom. The molecule has 0 saturated heterocycles. The predicted octanol–water partition coefficient (Wildman–Crippen LogP) is 4.70. The van der Waals surface area contributed by atoms with Crippen molar-refractivity contribution in [3.63, 3.8) is 0 Å². The number of hydrogen-bond donors (Lipinski definition) is 1. The second kappa shape index (κ2) is 6.79. The molecule has 1 atom stereocenters. The van der Waals surface area contributed by atoms with E-state index in [1.54, 1.807) is 0 Å². The fourth-order valence-corrected chi connectivity index (χ4v) is 2.87. The highest BCUT2D eigenvalue weighted by molar-refractivity contribution is 6.35. The molecule has 1 saturated carbocycles. The summed E-state index contributed by atoms with van der Waals surface area (Å²) in [5, 5.41) is 5.22. The van der Waals surface area contributed by atoms with Gasteiger partial charge in [-0.05, 0) is 55.8 Å². The van der Waals surface area contributed by atoms with Crippen LogP contribution in [0.3, 0.4) is 0 Å². The highest BCUT2D eigenvalue weighted by Crippen LogP contribution is 2.28. The van der Waals surface area contributed by atoms with Crippen LogP contribution >= 0.6 is 23.2 Å². The number of rotatable bonds is 7. The van der Waals surface area contributed by atoms with Gasteiger partial charge >= 0.3 is 0 Å². The summed E-state index contributed by atoms with van der Waals surface area (Å²) in [6, 6.07) is 6.54. The maximum absolute atomic E-state index is 6.24. The van der Waals surface area contributed by atoms with Crippen molar-refractivity contribution in [1.82, 2.24) is 5.32 Å². The highest BCUT2D eigenvalue weighted by Gasteiger charge is 2.22. The topological polar surface area (TPSA) is 12.0 Å². The molecule has 0 amide bonds. The number of halogens is 2. The van der Waals surface area contributed by atoms with Crippen molar-refractivity contribution in [3.05, 3.63) is 33.8 Å². The minimum Gasteiger partial charge on any atom is -0.314 e. The van der Waals surface area contributed by atoms with E-state index in [9.17, 15) is 0 Å². The first-order valence-electron chi connectivity index (χ1n) is 6.87. The third kappa shape index (κ3) is 4.15. The highest BCUT2D eigenvalue weighted by atomic mass is 35.5. The Morgan fingerprint density at radius 1 is 1.28 bits per heavy atom. The van der Waals surface area contributed by atoms with Gasteiger partial charge in [0.15, 0.2) is 0 Å². The lowest BCUT2D eigenvalue weighted by molar-refractivity contribution is 0.437. The Kier molecular flexibility index (Phi) is 5.35. The fraction of sp³-hybridized carbons (Fsp3) is 0.600. The number of nitrogens with one attached hydrogen (secondary N) is 1. The molecule has 0 spiro atoms. The maximum atomic E-state index is 6.24. The van der Waals surface area contributed by atoms with Gasteiger partial charge in [0.05, 0.1) is 0 Å². The summed E-state index contributed by atoms with van der Waals surface area (Å²) >= 11 is 12.5. The third-order valence-corrected chi connectivity index (χ3v) is 4.23. The van der Waals surface area contributed by atoms with E-state index in [0.29, 0.717) is 5.92 Å². The van der Waals surface area contributed by atoms with Gasteiger partial charge in [-0.1, -0.05) is 42.6 Å². The molecule has 1 fully saturated rings. The first-order valence-corrected chi connectivity index (χ1v) is 7.62. The number of benzene rings is 1. The van der Waals surface area contributed by atoms with E-state index in [1.165, 1.54) is 25.7 Å². The zero-order valence-corrected chi connectivity index (χ0v) is 12.4. The van der Waals surface area contributed by atoms with Crippen molar-refractivity contribution in [2.24, 2.45) is 5.92 Å². The van der Waals surface area contributed by atoms with Crippen LogP contribution in [-0.4, -0.2) is 12.6 Å². The standard InChI is InChI=1S/C15H21Cl2N/c1-2-4-11(10-18-12-7-8-12)9-13-14(16)5-3-6-15(13)17/h3,5-6,11-12,18H,2,4,7-10H2,1H3. The molecule has 1 aliphatic rings. The molecule has 0 bridgehead atoms. The van der Waals surface area contributed by atoms with Crippen LogP contribution in [0.15, 0.2) is 18.2 Å². The van der Waals surface area contributed by atoms with Gasteiger partial charge < -0.3 is 5.32 Å². The van der Waals surface area contributed by atoms with E-state index in [2.05, 4.69) is 12.2 Å². The smallest absolute Gasteiger partial charge is 0.0452 e. The molecule has 0 radical (unpaired) electrons. The predicted molar refractivity (Wildman–Crippen MR) is 79.6 cm³/mol. The lowest BCUT2D eigenvalue weighted by Crippen LogP contribution is -2.26. The maximum Gasteiger partial charge on any atom is 0.0452 e. The van der Waals surface area contributed by atoms with E-state index in [0.717, 1.165) is 34.6 Å². The molecular formula is C15H21Cl2N. The molecule has 1 nitrogen and oxygen atoms in total. The van der Waals surface area contributed by atoms with Crippen LogP contribution in [0.4, 0.5) is 0 Å². The van der Waals surface area contributed by atoms with Gasteiger partial charge in [-0.3, -0.25) is 0 Å². The Morgan fingerprint density at radius 3 is 2.50 bits per heavy atom. The second-order valence-corrected chi connectivity index (χ2v) is 6.06. The molecule has 1 aliphatic carbocycles. The lowest BCUT2D eigenvalue weighted by atomic mass is 9.95. The van der Waals surface area contributed by atoms with E-state index < -0.39 is 0 Å². The summed E-state index contributed by atoms with van der Waals surface area (Å²) in [4.78, 5) is 0. The fourth-order valence-electron chi connectivity index (χ4n) is 2.32. The van der Waals surface area contributed by atoms with Crippen LogP contribution in [0, 0.1) is 5.92 Å². The lowest BCUT2D eigenvalue weighted by Gasteiger charge is -2.18. The summed E-state index contributed by atoms with van der Waals surface area (Å²) in [5.41, 5.74) is 1.11. The molecular weight excluding hydrogens is 265 g/mol. The minimum atomic E-state index is 0.632. The summed E-state index contributed by atoms with van der Waals surface area (Å²) in [6.07, 6.45) is 6.09. The second-order valence-electron chi connectivity index (χ2n) is 5.24. The van der Waals surface area contributed by atoms with Gasteiger partial charge in [0.1, 0.15) is 0 Å². The molecule has 1 N–H and O–H groups in total. The molecule has 1 unspecified atom stereocenters. The first kappa shape index (κ1) is 14.2. The van der Waals surface area contributed by atoms with Crippen molar-refractivity contribution < 1.29 is 0 Å². The van der Waals surface area contributed by atoms with Gasteiger partial charge in [0.25, 0.3) is 0 Å². The van der Waals surface area contributed by atoms with Gasteiger partial charge in [0.2, 0.25) is 0 Å². The van der Waals surface area contributed by atoms with Crippen LogP contribution in [0.5, 0.6) is 0 Å². The molecule has 1 aromatic carbocycles. The minimum absolute atomic E-state index is 0.632. The number of hydrogen-bond acceptors (Lipinski definition) is 1. The molecule has 1 aromatic rings. The zero-order valence-electron chi connectivity index (χ0n) is 10.9. The van der Waals surface area contributed by atoms with Crippen LogP contribution < -0.4 is 5.32 Å². The van der Waals surface area contributed by atoms with Crippen molar-refractivity contribution in [2.45, 2.75) is 45.1 Å². The summed E-state index contributed by atoms with van der Waals surface area (Å²) in [7, 11) is 0. The van der Waals surface area contributed by atoms with Gasteiger partial charge in [-0.15, -0.1) is 0 Å². The quantitative estimate of drug-likeness (QED) is 0.765. The van der Waals surface area contributed by atoms with Crippen molar-refractivity contribution in [2.75, 3.05) is 6.54 Å². The average Bonchev–Trinajstić information content (AvgIpc) is 3.15. The van der Waals surface area contributed by atoms with E-state index in [-0.39, 0.29) is 0 Å². The normalized spacial score (nSPS) is 16.8. The molecule has 3 heteroatoms. The van der Waals surface area contributed by atoms with E-state index in [4.69, 9.17) is 23.2 Å². The van der Waals surface area contributed by atoms with Crippen LogP contribution in [0.2, 0.25) is 10.0 Å². The van der Waals surface area contributed by atoms with Crippen LogP contribution in [0.25, 0.3) is 0 Å². The van der Waals surface area contributed by atoms with Gasteiger partial charge in [-0.25, -0.2) is 0 Å². The summed E-state index contributed by atoms with van der Waals surface area (Å²) in [5.74, 6) is 0.632. The van der Waals surface area contributed by atoms with Crippen LogP contribution in [-0.2, 0) is 6.42 Å². The molecule has 0 heterocycles. The summed E-state index contributed by atoms with van der Waals surface area (Å²) in [6.45, 7) is 3.32. The zero-order chi connectivity index (χ0) is 13.0.